The summed E-state index contributed by atoms with van der Waals surface area (Å²) in [5.74, 6) is 3.03. The highest BCUT2D eigenvalue weighted by molar-refractivity contribution is 5.68. The van der Waals surface area contributed by atoms with Crippen LogP contribution in [-0.2, 0) is 4.74 Å². The summed E-state index contributed by atoms with van der Waals surface area (Å²) in [6.45, 7) is 11.8. The van der Waals surface area contributed by atoms with Gasteiger partial charge in [-0.25, -0.2) is 14.8 Å². The number of piperazine rings is 1. The Labute approximate surface area is 156 Å². The molecule has 2 aliphatic rings. The number of hydrogen-bond acceptors (Lipinski definition) is 6. The number of carbonyl (C=O) groups excluding carboxylic acids is 1. The minimum absolute atomic E-state index is 0.205. The lowest BCUT2D eigenvalue weighted by Gasteiger charge is -2.36. The normalized spacial score (nSPS) is 21.2. The molecule has 2 aliphatic heterocycles. The molecule has 7 heteroatoms. The predicted octanol–water partition coefficient (Wildman–Crippen LogP) is 2.63. The molecule has 0 aromatic carbocycles. The average molecular weight is 361 g/mol. The number of anilines is 2. The lowest BCUT2D eigenvalue weighted by atomic mass is 10.0. The van der Waals surface area contributed by atoms with Crippen molar-refractivity contribution in [3.63, 3.8) is 0 Å². The van der Waals surface area contributed by atoms with E-state index < -0.39 is 0 Å². The van der Waals surface area contributed by atoms with Crippen LogP contribution in [0.15, 0.2) is 12.4 Å². The summed E-state index contributed by atoms with van der Waals surface area (Å²) in [5.41, 5.74) is 0. The third kappa shape index (κ3) is 4.77. The highest BCUT2D eigenvalue weighted by Crippen LogP contribution is 2.24. The molecule has 26 heavy (non-hydrogen) atoms. The van der Waals surface area contributed by atoms with Crippen LogP contribution >= 0.6 is 0 Å². The topological polar surface area (TPSA) is 61.8 Å². The summed E-state index contributed by atoms with van der Waals surface area (Å²) < 4.78 is 5.33. The zero-order valence-corrected chi connectivity index (χ0v) is 16.2. The second-order valence-corrected chi connectivity index (χ2v) is 7.87. The first-order valence-electron chi connectivity index (χ1n) is 9.76. The standard InChI is InChI=1S/C19H31N5O2/c1-15(2)13-26-19(25)23-9-7-22(8-10-23)17-11-18(21-14-20-17)24-6-4-5-16(3)12-24/h11,14-16H,4-10,12-13H2,1-3H3. The van der Waals surface area contributed by atoms with Crippen molar-refractivity contribution >= 4 is 17.7 Å². The van der Waals surface area contributed by atoms with Crippen molar-refractivity contribution in [3.8, 4) is 0 Å². The molecule has 1 aromatic heterocycles. The van der Waals surface area contributed by atoms with Crippen LogP contribution < -0.4 is 9.80 Å². The highest BCUT2D eigenvalue weighted by Gasteiger charge is 2.24. The SMILES string of the molecule is CC(C)COC(=O)N1CCN(c2cc(N3CCCC(C)C3)ncn2)CC1. The monoisotopic (exact) mass is 361 g/mol. The number of piperidine rings is 1. The summed E-state index contributed by atoms with van der Waals surface area (Å²) in [7, 11) is 0. The quantitative estimate of drug-likeness (QED) is 0.822. The summed E-state index contributed by atoms with van der Waals surface area (Å²) in [6, 6.07) is 2.09. The van der Waals surface area contributed by atoms with Crippen LogP contribution in [0.1, 0.15) is 33.6 Å². The Bertz CT molecular complexity index is 601. The van der Waals surface area contributed by atoms with Crippen molar-refractivity contribution in [2.75, 3.05) is 55.7 Å². The van der Waals surface area contributed by atoms with Crippen LogP contribution in [0.25, 0.3) is 0 Å². The van der Waals surface area contributed by atoms with Crippen LogP contribution in [0.2, 0.25) is 0 Å². The Balaban J connectivity index is 1.56. The molecule has 1 amide bonds. The summed E-state index contributed by atoms with van der Waals surface area (Å²) in [6.07, 6.45) is 3.97. The Kier molecular flexibility index (Phi) is 6.16. The van der Waals surface area contributed by atoms with Gasteiger partial charge >= 0.3 is 6.09 Å². The van der Waals surface area contributed by atoms with Crippen molar-refractivity contribution in [2.45, 2.75) is 33.6 Å². The van der Waals surface area contributed by atoms with Gasteiger partial charge in [-0.1, -0.05) is 20.8 Å². The van der Waals surface area contributed by atoms with Gasteiger partial charge in [0.2, 0.25) is 0 Å². The number of nitrogens with zero attached hydrogens (tertiary/aromatic N) is 5. The molecule has 3 heterocycles. The van der Waals surface area contributed by atoms with E-state index in [1.165, 1.54) is 12.8 Å². The van der Waals surface area contributed by atoms with Crippen LogP contribution in [0.4, 0.5) is 16.4 Å². The molecular formula is C19H31N5O2. The number of hydrogen-bond donors (Lipinski definition) is 0. The van der Waals surface area contributed by atoms with E-state index in [1.807, 2.05) is 13.8 Å². The molecule has 0 bridgehead atoms. The zero-order chi connectivity index (χ0) is 18.5. The van der Waals surface area contributed by atoms with Crippen molar-refractivity contribution in [3.05, 3.63) is 12.4 Å². The number of aromatic nitrogens is 2. The highest BCUT2D eigenvalue weighted by atomic mass is 16.6. The molecule has 1 unspecified atom stereocenters. The number of rotatable bonds is 4. The maximum absolute atomic E-state index is 12.1. The Morgan fingerprint density at radius 1 is 1.15 bits per heavy atom. The average Bonchev–Trinajstić information content (AvgIpc) is 2.66. The van der Waals surface area contributed by atoms with Crippen LogP contribution in [0.5, 0.6) is 0 Å². The second kappa shape index (κ2) is 8.56. The molecular weight excluding hydrogens is 330 g/mol. The van der Waals surface area contributed by atoms with Gasteiger partial charge in [-0.2, -0.15) is 0 Å². The van der Waals surface area contributed by atoms with Crippen LogP contribution in [0, 0.1) is 11.8 Å². The number of carbonyl (C=O) groups is 1. The maximum atomic E-state index is 12.1. The number of ether oxygens (including phenoxy) is 1. The maximum Gasteiger partial charge on any atom is 0.409 e. The van der Waals surface area contributed by atoms with E-state index in [4.69, 9.17) is 4.74 Å². The third-order valence-electron chi connectivity index (χ3n) is 5.02. The molecule has 2 fully saturated rings. The first-order chi connectivity index (χ1) is 12.5. The molecule has 0 aliphatic carbocycles. The summed E-state index contributed by atoms with van der Waals surface area (Å²) >= 11 is 0. The van der Waals surface area contributed by atoms with Crippen molar-refractivity contribution in [1.29, 1.82) is 0 Å². The zero-order valence-electron chi connectivity index (χ0n) is 16.2. The Morgan fingerprint density at radius 2 is 1.85 bits per heavy atom. The first kappa shape index (κ1) is 18.7. The van der Waals surface area contributed by atoms with E-state index >= 15 is 0 Å². The van der Waals surface area contributed by atoms with Gasteiger partial charge in [0.05, 0.1) is 6.61 Å². The second-order valence-electron chi connectivity index (χ2n) is 7.87. The molecule has 0 saturated carbocycles. The van der Waals surface area contributed by atoms with E-state index in [-0.39, 0.29) is 6.09 Å². The van der Waals surface area contributed by atoms with Gasteiger partial charge in [0.1, 0.15) is 18.0 Å². The lowest BCUT2D eigenvalue weighted by molar-refractivity contribution is 0.0901. The van der Waals surface area contributed by atoms with E-state index in [0.717, 1.165) is 37.8 Å². The molecule has 0 spiro atoms. The van der Waals surface area contributed by atoms with Gasteiger partial charge in [0.25, 0.3) is 0 Å². The number of amides is 1. The van der Waals surface area contributed by atoms with Crippen LogP contribution in [-0.4, -0.2) is 66.8 Å². The molecule has 144 valence electrons. The predicted molar refractivity (Wildman–Crippen MR) is 103 cm³/mol. The van der Waals surface area contributed by atoms with Crippen molar-refractivity contribution in [2.24, 2.45) is 11.8 Å². The van der Waals surface area contributed by atoms with Gasteiger partial charge < -0.3 is 19.4 Å². The van der Waals surface area contributed by atoms with E-state index in [1.54, 1.807) is 11.2 Å². The van der Waals surface area contributed by atoms with Gasteiger partial charge in [0.15, 0.2) is 0 Å². The van der Waals surface area contributed by atoms with E-state index in [2.05, 4.69) is 32.8 Å². The first-order valence-corrected chi connectivity index (χ1v) is 9.76. The van der Waals surface area contributed by atoms with Gasteiger partial charge in [0, 0.05) is 45.3 Å². The van der Waals surface area contributed by atoms with E-state index in [9.17, 15) is 4.79 Å². The summed E-state index contributed by atoms with van der Waals surface area (Å²) in [5, 5.41) is 0. The minimum atomic E-state index is -0.205. The molecule has 7 nitrogen and oxygen atoms in total. The summed E-state index contributed by atoms with van der Waals surface area (Å²) in [4.78, 5) is 27.4. The largest absolute Gasteiger partial charge is 0.449 e. The molecule has 2 saturated heterocycles. The minimum Gasteiger partial charge on any atom is -0.449 e. The fourth-order valence-electron chi connectivity index (χ4n) is 3.53. The smallest absolute Gasteiger partial charge is 0.409 e. The van der Waals surface area contributed by atoms with Gasteiger partial charge in [-0.3, -0.25) is 0 Å². The molecule has 0 radical (unpaired) electrons. The lowest BCUT2D eigenvalue weighted by Crippen LogP contribution is -2.49. The fraction of sp³-hybridized carbons (Fsp3) is 0.737. The van der Waals surface area contributed by atoms with Crippen molar-refractivity contribution < 1.29 is 9.53 Å². The molecule has 3 rings (SSSR count). The molecule has 1 atom stereocenters. The van der Waals surface area contributed by atoms with E-state index in [0.29, 0.717) is 31.5 Å². The Hall–Kier alpha value is -2.05. The molecule has 1 aromatic rings. The third-order valence-corrected chi connectivity index (χ3v) is 5.02. The molecule has 0 N–H and O–H groups in total. The fourth-order valence-corrected chi connectivity index (χ4v) is 3.53. The van der Waals surface area contributed by atoms with Gasteiger partial charge in [-0.15, -0.1) is 0 Å². The van der Waals surface area contributed by atoms with Gasteiger partial charge in [-0.05, 0) is 24.7 Å². The Morgan fingerprint density at radius 3 is 2.50 bits per heavy atom. The van der Waals surface area contributed by atoms with Crippen LogP contribution in [0.3, 0.4) is 0 Å². The van der Waals surface area contributed by atoms with Crippen molar-refractivity contribution in [1.82, 2.24) is 14.9 Å².